The monoisotopic (exact) mass is 540 g/mol. The van der Waals surface area contributed by atoms with Crippen molar-refractivity contribution in [3.05, 3.63) is 59.8 Å². The van der Waals surface area contributed by atoms with Crippen LogP contribution < -0.4 is 21.1 Å². The fourth-order valence-electron chi connectivity index (χ4n) is 4.05. The first-order valence-electron chi connectivity index (χ1n) is 11.5. The van der Waals surface area contributed by atoms with Gasteiger partial charge in [0.2, 0.25) is 0 Å². The molecule has 0 spiro atoms. The molecular formula is C24H22F2N8O3S. The molecule has 1 saturated heterocycles. The van der Waals surface area contributed by atoms with E-state index >= 15 is 0 Å². The highest BCUT2D eigenvalue weighted by atomic mass is 32.1. The molecule has 4 aromatic rings. The molecule has 14 heteroatoms. The number of fused-ring (bicyclic) bond motifs is 1. The number of halogens is 2. The molecule has 196 valence electrons. The zero-order valence-electron chi connectivity index (χ0n) is 19.8. The van der Waals surface area contributed by atoms with Gasteiger partial charge in [0.05, 0.1) is 28.0 Å². The molecule has 0 aliphatic carbocycles. The zero-order valence-corrected chi connectivity index (χ0v) is 20.6. The second-order valence-electron chi connectivity index (χ2n) is 8.18. The first-order chi connectivity index (χ1) is 18.4. The van der Waals surface area contributed by atoms with E-state index in [0.29, 0.717) is 41.1 Å². The molecule has 11 nitrogen and oxygen atoms in total. The third kappa shape index (κ3) is 5.17. The molecule has 5 N–H and O–H groups in total. The number of H-pyrrole nitrogens is 1. The van der Waals surface area contributed by atoms with Crippen LogP contribution >= 0.6 is 11.3 Å². The van der Waals surface area contributed by atoms with Crippen LogP contribution in [0.25, 0.3) is 26.9 Å². The zero-order chi connectivity index (χ0) is 26.6. The second-order valence-corrected chi connectivity index (χ2v) is 9.27. The van der Waals surface area contributed by atoms with Crippen molar-refractivity contribution in [1.29, 1.82) is 0 Å². The number of nitrogens with two attached hydrogens (primary N) is 1. The number of amides is 2. The number of thiophene rings is 1. The van der Waals surface area contributed by atoms with Gasteiger partial charge in [0, 0.05) is 55.0 Å². The number of anilines is 1. The van der Waals surface area contributed by atoms with Gasteiger partial charge in [-0.15, -0.1) is 11.3 Å². The van der Waals surface area contributed by atoms with Gasteiger partial charge in [-0.25, -0.2) is 9.97 Å². The number of nitrogens with one attached hydrogen (secondary N) is 3. The Morgan fingerprint density at radius 3 is 2.66 bits per heavy atom. The number of rotatable bonds is 7. The summed E-state index contributed by atoms with van der Waals surface area (Å²) in [5, 5.41) is 13.2. The van der Waals surface area contributed by atoms with Gasteiger partial charge < -0.3 is 26.0 Å². The Labute approximate surface area is 218 Å². The predicted molar refractivity (Wildman–Crippen MR) is 138 cm³/mol. The summed E-state index contributed by atoms with van der Waals surface area (Å²) in [4.78, 5) is 36.3. The van der Waals surface area contributed by atoms with E-state index in [9.17, 15) is 18.4 Å². The minimum Gasteiger partial charge on any atom is -0.434 e. The largest absolute Gasteiger partial charge is 0.434 e. The lowest BCUT2D eigenvalue weighted by Crippen LogP contribution is -2.46. The molecule has 0 unspecified atom stereocenters. The Bertz CT molecular complexity index is 1500. The summed E-state index contributed by atoms with van der Waals surface area (Å²) < 4.78 is 32.2. The first-order valence-corrected chi connectivity index (χ1v) is 12.3. The summed E-state index contributed by atoms with van der Waals surface area (Å²) in [6, 6.07) is 6.32. The van der Waals surface area contributed by atoms with Gasteiger partial charge in [-0.2, -0.15) is 13.9 Å². The first kappa shape index (κ1) is 25.2. The van der Waals surface area contributed by atoms with Gasteiger partial charge >= 0.3 is 6.61 Å². The van der Waals surface area contributed by atoms with Crippen molar-refractivity contribution in [3.63, 3.8) is 0 Å². The summed E-state index contributed by atoms with van der Waals surface area (Å²) in [7, 11) is 0. The standard InChI is InChI=1S/C24H22F2N8O3S/c25-24(26)37-17-8-13-9-19(23(36)34-6-4-28-5-7-34)38-18(13)10-14(17)20-16(12-31-33-20)32-22(35)15(11-27)21-29-2-1-3-30-21/h1-3,8-12,24,28H,4-7,27H2,(H,31,33)(H,32,35). The van der Waals surface area contributed by atoms with E-state index in [0.717, 1.165) is 6.20 Å². The van der Waals surface area contributed by atoms with E-state index in [4.69, 9.17) is 10.5 Å². The summed E-state index contributed by atoms with van der Waals surface area (Å²) in [5.41, 5.74) is 6.29. The number of benzene rings is 1. The van der Waals surface area contributed by atoms with E-state index < -0.39 is 12.5 Å². The van der Waals surface area contributed by atoms with Crippen LogP contribution in [0.15, 0.2) is 49.1 Å². The number of aromatic nitrogens is 4. The van der Waals surface area contributed by atoms with Crippen LogP contribution in [-0.4, -0.2) is 69.7 Å². The van der Waals surface area contributed by atoms with E-state index in [1.807, 2.05) is 0 Å². The van der Waals surface area contributed by atoms with Crippen LogP contribution in [0, 0.1) is 0 Å². The average Bonchev–Trinajstić information content (AvgIpc) is 3.55. The lowest BCUT2D eigenvalue weighted by Gasteiger charge is -2.26. The lowest BCUT2D eigenvalue weighted by atomic mass is 10.1. The number of carbonyl (C=O) groups excluding carboxylic acids is 2. The van der Waals surface area contributed by atoms with Gasteiger partial charge in [-0.3, -0.25) is 14.7 Å². The third-order valence-corrected chi connectivity index (χ3v) is 6.91. The maximum absolute atomic E-state index is 13.4. The number of ether oxygens (including phenoxy) is 1. The average molecular weight is 541 g/mol. The van der Waals surface area contributed by atoms with Crippen LogP contribution in [0.3, 0.4) is 0 Å². The van der Waals surface area contributed by atoms with Gasteiger partial charge in [0.1, 0.15) is 5.75 Å². The Morgan fingerprint density at radius 1 is 1.18 bits per heavy atom. The van der Waals surface area contributed by atoms with Crippen molar-refractivity contribution in [3.8, 4) is 17.0 Å². The number of hydrogen-bond acceptors (Lipinski definition) is 9. The molecule has 5 rings (SSSR count). The van der Waals surface area contributed by atoms with Gasteiger partial charge in [0.25, 0.3) is 11.8 Å². The Hall–Kier alpha value is -4.43. The smallest absolute Gasteiger partial charge is 0.387 e. The van der Waals surface area contributed by atoms with Gasteiger partial charge in [0.15, 0.2) is 5.82 Å². The quantitative estimate of drug-likeness (QED) is 0.261. The van der Waals surface area contributed by atoms with E-state index in [-0.39, 0.29) is 40.0 Å². The lowest BCUT2D eigenvalue weighted by molar-refractivity contribution is -0.111. The van der Waals surface area contributed by atoms with E-state index in [2.05, 4.69) is 30.8 Å². The SMILES string of the molecule is NC=C(C(=O)Nc1cn[nH]c1-c1cc2sc(C(=O)N3CCNCC3)cc2cc1OC(F)F)c1ncccn1. The van der Waals surface area contributed by atoms with Gasteiger partial charge in [-0.1, -0.05) is 0 Å². The summed E-state index contributed by atoms with van der Waals surface area (Å²) in [6.45, 7) is -0.516. The molecule has 1 aromatic carbocycles. The topological polar surface area (TPSA) is 151 Å². The van der Waals surface area contributed by atoms with Crippen molar-refractivity contribution >= 4 is 44.5 Å². The normalized spacial score (nSPS) is 14.2. The molecule has 0 atom stereocenters. The molecule has 4 heterocycles. The van der Waals surface area contributed by atoms with Crippen LogP contribution in [0.4, 0.5) is 14.5 Å². The van der Waals surface area contributed by atoms with Crippen molar-refractivity contribution in [2.75, 3.05) is 31.5 Å². The van der Waals surface area contributed by atoms with Gasteiger partial charge in [-0.05, 0) is 29.7 Å². The fraction of sp³-hybridized carbons (Fsp3) is 0.208. The Balaban J connectivity index is 1.49. The summed E-state index contributed by atoms with van der Waals surface area (Å²) >= 11 is 1.25. The number of piperazine rings is 1. The van der Waals surface area contributed by atoms with Crippen molar-refractivity contribution in [2.24, 2.45) is 5.73 Å². The number of aromatic amines is 1. The maximum atomic E-state index is 13.4. The number of alkyl halides is 2. The molecule has 1 fully saturated rings. The molecular weight excluding hydrogens is 518 g/mol. The van der Waals surface area contributed by atoms with E-state index in [1.165, 1.54) is 36.0 Å². The minimum absolute atomic E-state index is 0.00609. The van der Waals surface area contributed by atoms with Crippen LogP contribution in [0.2, 0.25) is 0 Å². The molecule has 2 amide bonds. The fourth-order valence-corrected chi connectivity index (χ4v) is 5.10. The van der Waals surface area contributed by atoms with Crippen molar-refractivity contribution in [1.82, 2.24) is 30.4 Å². The minimum atomic E-state index is -3.10. The number of hydrogen-bond donors (Lipinski definition) is 4. The number of carbonyl (C=O) groups is 2. The van der Waals surface area contributed by atoms with Crippen molar-refractivity contribution in [2.45, 2.75) is 6.61 Å². The molecule has 1 aliphatic heterocycles. The van der Waals surface area contributed by atoms with E-state index in [1.54, 1.807) is 23.1 Å². The summed E-state index contributed by atoms with van der Waals surface area (Å²) in [5.74, 6) is -0.781. The molecule has 0 radical (unpaired) electrons. The van der Waals surface area contributed by atoms with Crippen LogP contribution in [-0.2, 0) is 4.79 Å². The molecule has 38 heavy (non-hydrogen) atoms. The Kier molecular flexibility index (Phi) is 7.24. The highest BCUT2D eigenvalue weighted by molar-refractivity contribution is 7.20. The van der Waals surface area contributed by atoms with Crippen LogP contribution in [0.5, 0.6) is 5.75 Å². The molecule has 0 bridgehead atoms. The number of nitrogens with zero attached hydrogens (tertiary/aromatic N) is 4. The molecule has 3 aromatic heterocycles. The van der Waals surface area contributed by atoms with Crippen LogP contribution in [0.1, 0.15) is 15.5 Å². The predicted octanol–water partition coefficient (Wildman–Crippen LogP) is 2.67. The molecule has 0 saturated carbocycles. The summed E-state index contributed by atoms with van der Waals surface area (Å²) in [6.07, 6.45) is 5.34. The molecule has 1 aliphatic rings. The van der Waals surface area contributed by atoms with Crippen molar-refractivity contribution < 1.29 is 23.1 Å². The highest BCUT2D eigenvalue weighted by Gasteiger charge is 2.24. The highest BCUT2D eigenvalue weighted by Crippen LogP contribution is 2.40. The second kappa shape index (κ2) is 10.9. The third-order valence-electron chi connectivity index (χ3n) is 5.82. The maximum Gasteiger partial charge on any atom is 0.387 e. The Morgan fingerprint density at radius 2 is 1.95 bits per heavy atom.